The molecule has 1 fully saturated rings. The fourth-order valence-corrected chi connectivity index (χ4v) is 3.99. The van der Waals surface area contributed by atoms with Crippen LogP contribution in [-0.2, 0) is 9.84 Å². The van der Waals surface area contributed by atoms with Crippen LogP contribution in [0.15, 0.2) is 50.6 Å². The third kappa shape index (κ3) is 3.77. The Bertz CT molecular complexity index is 912. The number of aryl methyl sites for hydroxylation is 1. The number of piperidine rings is 1. The predicted molar refractivity (Wildman–Crippen MR) is 96.7 cm³/mol. The summed E-state index contributed by atoms with van der Waals surface area (Å²) in [6.45, 7) is 3.75. The fraction of sp³-hybridized carbons (Fsp3) is 0.316. The Kier molecular flexibility index (Phi) is 4.95. The molecule has 0 saturated carbocycles. The number of benzene rings is 1. The fourth-order valence-electron chi connectivity index (χ4n) is 2.85. The Hall–Kier alpha value is -2.52. The summed E-state index contributed by atoms with van der Waals surface area (Å²) in [5.41, 5.74) is 0.957. The number of hydrogen-bond donors (Lipinski definition) is 0. The minimum atomic E-state index is -3.86. The van der Waals surface area contributed by atoms with Crippen LogP contribution in [-0.4, -0.2) is 21.5 Å². The van der Waals surface area contributed by atoms with E-state index in [1.165, 1.54) is 24.6 Å². The summed E-state index contributed by atoms with van der Waals surface area (Å²) in [7, 11) is -3.86. The second-order valence-electron chi connectivity index (χ2n) is 6.16. The quantitative estimate of drug-likeness (QED) is 0.776. The van der Waals surface area contributed by atoms with Gasteiger partial charge in [0, 0.05) is 25.2 Å². The van der Waals surface area contributed by atoms with Gasteiger partial charge in [-0.3, -0.25) is 0 Å². The molecule has 3 rings (SSSR count). The third-order valence-corrected chi connectivity index (χ3v) is 5.97. The highest BCUT2D eigenvalue weighted by atomic mass is 32.2. The Balaban J connectivity index is 1.89. The number of rotatable bonds is 4. The van der Waals surface area contributed by atoms with E-state index < -0.39 is 9.84 Å². The van der Waals surface area contributed by atoms with Gasteiger partial charge in [-0.1, -0.05) is 17.7 Å². The maximum Gasteiger partial charge on any atom is 0.216 e. The topological polar surface area (TPSA) is 74.3 Å². The number of furan rings is 1. The third-order valence-electron chi connectivity index (χ3n) is 4.28. The van der Waals surface area contributed by atoms with E-state index in [2.05, 4.69) is 4.90 Å². The molecule has 0 atom stereocenters. The van der Waals surface area contributed by atoms with Crippen molar-refractivity contribution >= 4 is 21.8 Å². The molecule has 0 N–H and O–H groups in total. The van der Waals surface area contributed by atoms with Crippen LogP contribution < -0.4 is 4.90 Å². The molecule has 0 unspecified atom stereocenters. The highest BCUT2D eigenvalue weighted by molar-refractivity contribution is 7.95. The molecule has 0 amide bonds. The standard InChI is InChI=1S/C19H20N2O3S/c1-15-5-8-17(9-6-15)25(22,23)18(14-20)13-16-7-10-19(24-16)21-11-3-2-4-12-21/h5-10,13H,2-4,11-12H2,1H3/b18-13-. The second kappa shape index (κ2) is 7.16. The molecule has 5 nitrogen and oxygen atoms in total. The van der Waals surface area contributed by atoms with Gasteiger partial charge in [0.25, 0.3) is 0 Å². The number of nitrogens with zero attached hydrogens (tertiary/aromatic N) is 2. The summed E-state index contributed by atoms with van der Waals surface area (Å²) in [5, 5.41) is 9.34. The van der Waals surface area contributed by atoms with Gasteiger partial charge < -0.3 is 9.32 Å². The molecule has 0 bridgehead atoms. The average Bonchev–Trinajstić information content (AvgIpc) is 3.09. The molecule has 1 aliphatic rings. The molecule has 1 aromatic heterocycles. The van der Waals surface area contributed by atoms with Crippen LogP contribution in [0.2, 0.25) is 0 Å². The van der Waals surface area contributed by atoms with E-state index in [9.17, 15) is 13.7 Å². The zero-order chi connectivity index (χ0) is 17.9. The van der Waals surface area contributed by atoms with Crippen molar-refractivity contribution in [1.82, 2.24) is 0 Å². The molecule has 25 heavy (non-hydrogen) atoms. The summed E-state index contributed by atoms with van der Waals surface area (Å²) in [5.74, 6) is 1.09. The number of allylic oxidation sites excluding steroid dienone is 1. The van der Waals surface area contributed by atoms with E-state index in [-0.39, 0.29) is 9.80 Å². The first-order valence-electron chi connectivity index (χ1n) is 8.29. The molecule has 1 aliphatic heterocycles. The minimum Gasteiger partial charge on any atom is -0.441 e. The number of nitriles is 1. The van der Waals surface area contributed by atoms with Crippen LogP contribution in [0, 0.1) is 18.3 Å². The number of hydrogen-bond acceptors (Lipinski definition) is 5. The van der Waals surface area contributed by atoms with E-state index >= 15 is 0 Å². The van der Waals surface area contributed by atoms with Gasteiger partial charge in [-0.25, -0.2) is 8.42 Å². The second-order valence-corrected chi connectivity index (χ2v) is 8.08. The van der Waals surface area contributed by atoms with Crippen LogP contribution in [0.1, 0.15) is 30.6 Å². The molecule has 1 aromatic carbocycles. The monoisotopic (exact) mass is 356 g/mol. The van der Waals surface area contributed by atoms with E-state index in [1.807, 2.05) is 13.0 Å². The summed E-state index contributed by atoms with van der Waals surface area (Å²) < 4.78 is 31.0. The lowest BCUT2D eigenvalue weighted by atomic mass is 10.1. The molecule has 0 aliphatic carbocycles. The molecular formula is C19H20N2O3S. The van der Waals surface area contributed by atoms with E-state index in [1.54, 1.807) is 24.3 Å². The van der Waals surface area contributed by atoms with Crippen molar-refractivity contribution in [3.05, 3.63) is 52.6 Å². The normalized spacial score (nSPS) is 15.8. The lowest BCUT2D eigenvalue weighted by Crippen LogP contribution is -2.28. The van der Waals surface area contributed by atoms with E-state index in [0.717, 1.165) is 37.4 Å². The number of sulfone groups is 1. The van der Waals surface area contributed by atoms with Crippen molar-refractivity contribution in [1.29, 1.82) is 5.26 Å². The Morgan fingerprint density at radius 1 is 1.12 bits per heavy atom. The lowest BCUT2D eigenvalue weighted by molar-refractivity contribution is 0.496. The first-order chi connectivity index (χ1) is 12.0. The molecule has 130 valence electrons. The van der Waals surface area contributed by atoms with Crippen molar-refractivity contribution in [2.45, 2.75) is 31.1 Å². The highest BCUT2D eigenvalue weighted by Gasteiger charge is 2.22. The van der Waals surface area contributed by atoms with Crippen molar-refractivity contribution in [2.24, 2.45) is 0 Å². The van der Waals surface area contributed by atoms with Crippen molar-refractivity contribution in [3.63, 3.8) is 0 Å². The molecule has 0 radical (unpaired) electrons. The Morgan fingerprint density at radius 2 is 1.80 bits per heavy atom. The van der Waals surface area contributed by atoms with Gasteiger partial charge in [-0.15, -0.1) is 0 Å². The largest absolute Gasteiger partial charge is 0.441 e. The van der Waals surface area contributed by atoms with Crippen molar-refractivity contribution in [2.75, 3.05) is 18.0 Å². The van der Waals surface area contributed by atoms with Gasteiger partial charge in [-0.2, -0.15) is 5.26 Å². The molecule has 0 spiro atoms. The van der Waals surface area contributed by atoms with Crippen LogP contribution in [0.4, 0.5) is 5.88 Å². The Morgan fingerprint density at radius 3 is 2.44 bits per heavy atom. The van der Waals surface area contributed by atoms with Gasteiger partial charge in [0.05, 0.1) is 4.90 Å². The van der Waals surface area contributed by atoms with E-state index in [4.69, 9.17) is 4.42 Å². The minimum absolute atomic E-state index is 0.105. The van der Waals surface area contributed by atoms with Crippen LogP contribution in [0.5, 0.6) is 0 Å². The van der Waals surface area contributed by atoms with Crippen molar-refractivity contribution in [3.8, 4) is 6.07 Å². The van der Waals surface area contributed by atoms with Crippen LogP contribution in [0.25, 0.3) is 6.08 Å². The molecule has 1 saturated heterocycles. The average molecular weight is 356 g/mol. The first-order valence-corrected chi connectivity index (χ1v) is 9.77. The zero-order valence-electron chi connectivity index (χ0n) is 14.1. The van der Waals surface area contributed by atoms with Gasteiger partial charge in [-0.05, 0) is 44.4 Å². The lowest BCUT2D eigenvalue weighted by Gasteiger charge is -2.25. The highest BCUT2D eigenvalue weighted by Crippen LogP contribution is 2.26. The smallest absolute Gasteiger partial charge is 0.216 e. The Labute approximate surface area is 148 Å². The summed E-state index contributed by atoms with van der Waals surface area (Å²) in [6, 6.07) is 11.8. The van der Waals surface area contributed by atoms with Crippen LogP contribution >= 0.6 is 0 Å². The predicted octanol–water partition coefficient (Wildman–Crippen LogP) is 3.92. The van der Waals surface area contributed by atoms with E-state index in [0.29, 0.717) is 5.76 Å². The maximum absolute atomic E-state index is 12.6. The molecular weight excluding hydrogens is 336 g/mol. The zero-order valence-corrected chi connectivity index (χ0v) is 14.9. The van der Waals surface area contributed by atoms with Gasteiger partial charge in [0.15, 0.2) is 10.8 Å². The van der Waals surface area contributed by atoms with Crippen molar-refractivity contribution < 1.29 is 12.8 Å². The molecule has 6 heteroatoms. The number of anilines is 1. The summed E-state index contributed by atoms with van der Waals surface area (Å²) >= 11 is 0. The summed E-state index contributed by atoms with van der Waals surface area (Å²) in [4.78, 5) is 1.92. The maximum atomic E-state index is 12.6. The van der Waals surface area contributed by atoms with Gasteiger partial charge in [0.2, 0.25) is 9.84 Å². The molecule has 2 aromatic rings. The SMILES string of the molecule is Cc1ccc(S(=O)(=O)/C(C#N)=C\c2ccc(N3CCCCC3)o2)cc1. The van der Waals surface area contributed by atoms with Crippen LogP contribution in [0.3, 0.4) is 0 Å². The first kappa shape index (κ1) is 17.3. The summed E-state index contributed by atoms with van der Waals surface area (Å²) in [6.07, 6.45) is 4.76. The van der Waals surface area contributed by atoms with Gasteiger partial charge >= 0.3 is 0 Å². The van der Waals surface area contributed by atoms with Gasteiger partial charge in [0.1, 0.15) is 11.8 Å². The molecule has 2 heterocycles.